The zero-order chi connectivity index (χ0) is 18.4. The molecular weight excluding hydrogens is 346 g/mol. The van der Waals surface area contributed by atoms with E-state index in [0.717, 1.165) is 6.26 Å². The molecule has 0 aliphatic heterocycles. The van der Waals surface area contributed by atoms with Crippen molar-refractivity contribution in [1.82, 2.24) is 5.32 Å². The van der Waals surface area contributed by atoms with E-state index in [-0.39, 0.29) is 22.7 Å². The van der Waals surface area contributed by atoms with E-state index in [0.29, 0.717) is 12.2 Å². The SMILES string of the molecule is CS(=O)(=O)c1ccccc1C(=O)NCCNc1ccc([N+](=O)[O-])cc1. The van der Waals surface area contributed by atoms with E-state index in [2.05, 4.69) is 10.6 Å². The second-order valence-corrected chi connectivity index (χ2v) is 7.24. The fourth-order valence-corrected chi connectivity index (χ4v) is 3.04. The molecule has 2 aromatic carbocycles. The Hall–Kier alpha value is -2.94. The van der Waals surface area contributed by atoms with E-state index in [4.69, 9.17) is 0 Å². The van der Waals surface area contributed by atoms with E-state index in [1.54, 1.807) is 24.3 Å². The molecule has 0 atom stereocenters. The van der Waals surface area contributed by atoms with Crippen LogP contribution in [0.4, 0.5) is 11.4 Å². The quantitative estimate of drug-likeness (QED) is 0.440. The Morgan fingerprint density at radius 2 is 1.72 bits per heavy atom. The predicted octanol–water partition coefficient (Wildman–Crippen LogP) is 1.84. The summed E-state index contributed by atoms with van der Waals surface area (Å²) in [4.78, 5) is 22.2. The Kier molecular flexibility index (Phi) is 5.71. The summed E-state index contributed by atoms with van der Waals surface area (Å²) in [7, 11) is -3.49. The molecule has 2 N–H and O–H groups in total. The van der Waals surface area contributed by atoms with Crippen LogP contribution in [0, 0.1) is 10.1 Å². The lowest BCUT2D eigenvalue weighted by Gasteiger charge is -2.10. The first-order valence-electron chi connectivity index (χ1n) is 7.34. The lowest BCUT2D eigenvalue weighted by molar-refractivity contribution is -0.384. The van der Waals surface area contributed by atoms with Crippen molar-refractivity contribution in [2.45, 2.75) is 4.90 Å². The van der Waals surface area contributed by atoms with Gasteiger partial charge in [-0.2, -0.15) is 0 Å². The molecule has 0 saturated heterocycles. The molecule has 25 heavy (non-hydrogen) atoms. The number of benzene rings is 2. The molecule has 132 valence electrons. The van der Waals surface area contributed by atoms with Crippen LogP contribution in [-0.4, -0.2) is 38.6 Å². The summed E-state index contributed by atoms with van der Waals surface area (Å²) in [5.74, 6) is -0.480. The molecule has 0 fully saturated rings. The average Bonchev–Trinajstić information content (AvgIpc) is 2.58. The summed E-state index contributed by atoms with van der Waals surface area (Å²) < 4.78 is 23.4. The first kappa shape index (κ1) is 18.4. The first-order chi connectivity index (χ1) is 11.8. The molecule has 0 unspecified atom stereocenters. The van der Waals surface area contributed by atoms with E-state index in [9.17, 15) is 23.3 Å². The number of nitrogens with one attached hydrogen (secondary N) is 2. The number of hydrogen-bond donors (Lipinski definition) is 2. The van der Waals surface area contributed by atoms with Crippen molar-refractivity contribution in [3.63, 3.8) is 0 Å². The number of carbonyl (C=O) groups excluding carboxylic acids is 1. The van der Waals surface area contributed by atoms with Gasteiger partial charge in [0, 0.05) is 37.2 Å². The number of non-ortho nitro benzene ring substituents is 1. The second kappa shape index (κ2) is 7.75. The molecule has 0 bridgehead atoms. The lowest BCUT2D eigenvalue weighted by atomic mass is 10.2. The third-order valence-electron chi connectivity index (χ3n) is 3.35. The predicted molar refractivity (Wildman–Crippen MR) is 93.5 cm³/mol. The van der Waals surface area contributed by atoms with Crippen LogP contribution in [0.3, 0.4) is 0 Å². The molecule has 8 nitrogen and oxygen atoms in total. The summed E-state index contributed by atoms with van der Waals surface area (Å²) in [5.41, 5.74) is 0.771. The lowest BCUT2D eigenvalue weighted by Crippen LogP contribution is -2.29. The maximum atomic E-state index is 12.2. The zero-order valence-corrected chi connectivity index (χ0v) is 14.2. The summed E-state index contributed by atoms with van der Waals surface area (Å²) >= 11 is 0. The molecule has 0 saturated carbocycles. The van der Waals surface area contributed by atoms with Gasteiger partial charge in [-0.3, -0.25) is 14.9 Å². The van der Waals surface area contributed by atoms with Crippen molar-refractivity contribution in [2.24, 2.45) is 0 Å². The fraction of sp³-hybridized carbons (Fsp3) is 0.188. The number of amides is 1. The molecule has 9 heteroatoms. The van der Waals surface area contributed by atoms with Crippen LogP contribution in [0.15, 0.2) is 53.4 Å². The minimum Gasteiger partial charge on any atom is -0.383 e. The largest absolute Gasteiger partial charge is 0.383 e. The Labute approximate surface area is 144 Å². The Bertz CT molecular complexity index is 879. The number of hydrogen-bond acceptors (Lipinski definition) is 6. The van der Waals surface area contributed by atoms with Gasteiger partial charge in [0.1, 0.15) is 0 Å². The van der Waals surface area contributed by atoms with Gasteiger partial charge in [0.05, 0.1) is 15.4 Å². The van der Waals surface area contributed by atoms with Gasteiger partial charge in [-0.1, -0.05) is 12.1 Å². The average molecular weight is 363 g/mol. The number of carbonyl (C=O) groups is 1. The number of nitro benzene ring substituents is 1. The van der Waals surface area contributed by atoms with Crippen LogP contribution < -0.4 is 10.6 Å². The third-order valence-corrected chi connectivity index (χ3v) is 4.50. The van der Waals surface area contributed by atoms with Gasteiger partial charge in [0.2, 0.25) is 0 Å². The van der Waals surface area contributed by atoms with E-state index in [1.807, 2.05) is 0 Å². The van der Waals surface area contributed by atoms with E-state index in [1.165, 1.54) is 24.3 Å². The Morgan fingerprint density at radius 3 is 2.32 bits per heavy atom. The van der Waals surface area contributed by atoms with Gasteiger partial charge in [-0.05, 0) is 24.3 Å². The van der Waals surface area contributed by atoms with Crippen LogP contribution in [0.2, 0.25) is 0 Å². The van der Waals surface area contributed by atoms with Crippen molar-refractivity contribution >= 4 is 27.1 Å². The molecule has 2 rings (SSSR count). The van der Waals surface area contributed by atoms with Crippen molar-refractivity contribution in [1.29, 1.82) is 0 Å². The topological polar surface area (TPSA) is 118 Å². The highest BCUT2D eigenvalue weighted by atomic mass is 32.2. The maximum absolute atomic E-state index is 12.2. The maximum Gasteiger partial charge on any atom is 0.269 e. The molecule has 0 radical (unpaired) electrons. The summed E-state index contributed by atoms with van der Waals surface area (Å²) in [6.07, 6.45) is 1.05. The number of rotatable bonds is 7. The van der Waals surface area contributed by atoms with Gasteiger partial charge in [-0.15, -0.1) is 0 Å². The molecule has 0 spiro atoms. The Balaban J connectivity index is 1.90. The van der Waals surface area contributed by atoms with Crippen LogP contribution in [0.1, 0.15) is 10.4 Å². The monoisotopic (exact) mass is 363 g/mol. The second-order valence-electron chi connectivity index (χ2n) is 5.25. The van der Waals surface area contributed by atoms with E-state index < -0.39 is 20.7 Å². The fourth-order valence-electron chi connectivity index (χ4n) is 2.16. The highest BCUT2D eigenvalue weighted by Crippen LogP contribution is 2.16. The number of anilines is 1. The standard InChI is InChI=1S/C16H17N3O5S/c1-25(23,24)15-5-3-2-4-14(15)16(20)18-11-10-17-12-6-8-13(9-7-12)19(21)22/h2-9,17H,10-11H2,1H3,(H,18,20). The highest BCUT2D eigenvalue weighted by molar-refractivity contribution is 7.90. The minimum atomic E-state index is -3.49. The summed E-state index contributed by atoms with van der Waals surface area (Å²) in [5, 5.41) is 16.2. The van der Waals surface area contributed by atoms with E-state index >= 15 is 0 Å². The molecule has 0 aromatic heterocycles. The number of sulfone groups is 1. The number of nitro groups is 1. The number of nitrogens with zero attached hydrogens (tertiary/aromatic N) is 1. The Morgan fingerprint density at radius 1 is 1.08 bits per heavy atom. The van der Waals surface area contributed by atoms with Crippen LogP contribution in [0.25, 0.3) is 0 Å². The minimum absolute atomic E-state index is 0.00349. The molecule has 1 amide bonds. The third kappa shape index (κ3) is 5.01. The normalized spacial score (nSPS) is 10.9. The van der Waals surface area contributed by atoms with Gasteiger partial charge in [-0.25, -0.2) is 8.42 Å². The molecule has 0 aliphatic rings. The molecular formula is C16H17N3O5S. The van der Waals surface area contributed by atoms with Crippen LogP contribution in [0.5, 0.6) is 0 Å². The molecule has 0 heterocycles. The zero-order valence-electron chi connectivity index (χ0n) is 13.4. The first-order valence-corrected chi connectivity index (χ1v) is 9.24. The van der Waals surface area contributed by atoms with Crippen molar-refractivity contribution < 1.29 is 18.1 Å². The van der Waals surface area contributed by atoms with Gasteiger partial charge in [0.15, 0.2) is 9.84 Å². The summed E-state index contributed by atoms with van der Waals surface area (Å²) in [6, 6.07) is 11.9. The van der Waals surface area contributed by atoms with Gasteiger partial charge >= 0.3 is 0 Å². The molecule has 0 aliphatic carbocycles. The molecule has 2 aromatic rings. The van der Waals surface area contributed by atoms with Crippen LogP contribution >= 0.6 is 0 Å². The van der Waals surface area contributed by atoms with Crippen molar-refractivity contribution in [3.8, 4) is 0 Å². The van der Waals surface area contributed by atoms with Crippen molar-refractivity contribution in [2.75, 3.05) is 24.7 Å². The smallest absolute Gasteiger partial charge is 0.269 e. The van der Waals surface area contributed by atoms with Crippen molar-refractivity contribution in [3.05, 3.63) is 64.2 Å². The summed E-state index contributed by atoms with van der Waals surface area (Å²) in [6.45, 7) is 0.637. The van der Waals surface area contributed by atoms with Gasteiger partial charge < -0.3 is 10.6 Å². The van der Waals surface area contributed by atoms with Gasteiger partial charge in [0.25, 0.3) is 11.6 Å². The highest BCUT2D eigenvalue weighted by Gasteiger charge is 2.17. The van der Waals surface area contributed by atoms with Crippen LogP contribution in [-0.2, 0) is 9.84 Å².